The summed E-state index contributed by atoms with van der Waals surface area (Å²) >= 11 is 0. The van der Waals surface area contributed by atoms with Crippen LogP contribution in [0, 0.1) is 10.1 Å². The van der Waals surface area contributed by atoms with Crippen molar-refractivity contribution in [2.45, 2.75) is 6.54 Å². The fourth-order valence-corrected chi connectivity index (χ4v) is 2.07. The summed E-state index contributed by atoms with van der Waals surface area (Å²) in [7, 11) is 2.10. The first-order chi connectivity index (χ1) is 8.16. The minimum atomic E-state index is -0.300. The second-order valence-corrected chi connectivity index (χ2v) is 4.47. The average Bonchev–Trinajstić information content (AvgIpc) is 2.32. The maximum Gasteiger partial charge on any atom is 0.273 e. The summed E-state index contributed by atoms with van der Waals surface area (Å²) in [4.78, 5) is 15.1. The predicted molar refractivity (Wildman–Crippen MR) is 65.9 cm³/mol. The molecule has 0 aromatic heterocycles. The lowest BCUT2D eigenvalue weighted by Crippen LogP contribution is -2.43. The molecule has 1 heterocycles. The van der Waals surface area contributed by atoms with Crippen molar-refractivity contribution >= 4 is 5.69 Å². The summed E-state index contributed by atoms with van der Waals surface area (Å²) in [5, 5.41) is 10.9. The largest absolute Gasteiger partial charge is 0.304 e. The highest BCUT2D eigenvalue weighted by Crippen LogP contribution is 2.19. The molecule has 0 unspecified atom stereocenters. The second kappa shape index (κ2) is 5.25. The van der Waals surface area contributed by atoms with E-state index in [0.717, 1.165) is 31.7 Å². The standard InChI is InChI=1S/C12H17N3O2/c1-13-6-8-14(9-7-13)10-11-4-2-3-5-12(11)15(16)17/h2-5H,6-10H2,1H3. The van der Waals surface area contributed by atoms with Gasteiger partial charge in [-0.1, -0.05) is 18.2 Å². The fourth-order valence-electron chi connectivity index (χ4n) is 2.07. The lowest BCUT2D eigenvalue weighted by molar-refractivity contribution is -0.385. The summed E-state index contributed by atoms with van der Waals surface area (Å²) < 4.78 is 0. The van der Waals surface area contributed by atoms with Crippen LogP contribution in [0.5, 0.6) is 0 Å². The van der Waals surface area contributed by atoms with E-state index in [0.29, 0.717) is 6.54 Å². The van der Waals surface area contributed by atoms with Crippen LogP contribution in [0.15, 0.2) is 24.3 Å². The average molecular weight is 235 g/mol. The third-order valence-electron chi connectivity index (χ3n) is 3.18. The van der Waals surface area contributed by atoms with Gasteiger partial charge in [0.2, 0.25) is 0 Å². The van der Waals surface area contributed by atoms with E-state index in [-0.39, 0.29) is 10.6 Å². The van der Waals surface area contributed by atoms with E-state index in [4.69, 9.17) is 0 Å². The first-order valence-electron chi connectivity index (χ1n) is 5.80. The number of hydrogen-bond acceptors (Lipinski definition) is 4. The Morgan fingerprint density at radius 3 is 2.53 bits per heavy atom. The first-order valence-corrected chi connectivity index (χ1v) is 5.80. The van der Waals surface area contributed by atoms with Gasteiger partial charge in [0.25, 0.3) is 5.69 Å². The molecule has 1 aliphatic heterocycles. The Morgan fingerprint density at radius 2 is 1.88 bits per heavy atom. The molecule has 0 aliphatic carbocycles. The molecule has 1 aliphatic rings. The third-order valence-corrected chi connectivity index (χ3v) is 3.18. The number of nitrogens with zero attached hydrogens (tertiary/aromatic N) is 3. The highest BCUT2D eigenvalue weighted by atomic mass is 16.6. The van der Waals surface area contributed by atoms with Crippen LogP contribution in [0.1, 0.15) is 5.56 Å². The molecule has 92 valence electrons. The maximum atomic E-state index is 10.9. The van der Waals surface area contributed by atoms with Crippen molar-refractivity contribution in [1.29, 1.82) is 0 Å². The van der Waals surface area contributed by atoms with Gasteiger partial charge in [-0.05, 0) is 7.05 Å². The maximum absolute atomic E-state index is 10.9. The summed E-state index contributed by atoms with van der Waals surface area (Å²) in [5.41, 5.74) is 1.04. The van der Waals surface area contributed by atoms with Crippen LogP contribution < -0.4 is 0 Å². The van der Waals surface area contributed by atoms with Crippen molar-refractivity contribution in [3.8, 4) is 0 Å². The Morgan fingerprint density at radius 1 is 1.24 bits per heavy atom. The Balaban J connectivity index is 2.05. The minimum Gasteiger partial charge on any atom is -0.304 e. The number of para-hydroxylation sites is 1. The van der Waals surface area contributed by atoms with Crippen LogP contribution in [0.3, 0.4) is 0 Å². The van der Waals surface area contributed by atoms with E-state index in [1.165, 1.54) is 0 Å². The molecule has 17 heavy (non-hydrogen) atoms. The summed E-state index contributed by atoms with van der Waals surface area (Å²) in [5.74, 6) is 0. The van der Waals surface area contributed by atoms with E-state index < -0.39 is 0 Å². The van der Waals surface area contributed by atoms with Crippen LogP contribution in [-0.4, -0.2) is 47.9 Å². The number of likely N-dealkylation sites (N-methyl/N-ethyl adjacent to an activating group) is 1. The van der Waals surface area contributed by atoms with Crippen molar-refractivity contribution < 1.29 is 4.92 Å². The number of nitro groups is 1. The van der Waals surface area contributed by atoms with Crippen LogP contribution in [0.25, 0.3) is 0 Å². The summed E-state index contributed by atoms with van der Waals surface area (Å²) in [6.07, 6.45) is 0. The van der Waals surface area contributed by atoms with Gasteiger partial charge in [0.15, 0.2) is 0 Å². The summed E-state index contributed by atoms with van der Waals surface area (Å²) in [6, 6.07) is 6.99. The molecule has 1 fully saturated rings. The van der Waals surface area contributed by atoms with Gasteiger partial charge < -0.3 is 4.90 Å². The molecule has 1 aromatic rings. The minimum absolute atomic E-state index is 0.228. The zero-order valence-corrected chi connectivity index (χ0v) is 10.0. The van der Waals surface area contributed by atoms with E-state index in [1.54, 1.807) is 12.1 Å². The van der Waals surface area contributed by atoms with Crippen molar-refractivity contribution in [2.24, 2.45) is 0 Å². The Hall–Kier alpha value is -1.46. The zero-order chi connectivity index (χ0) is 12.3. The predicted octanol–water partition coefficient (Wildman–Crippen LogP) is 1.34. The molecular weight excluding hydrogens is 218 g/mol. The zero-order valence-electron chi connectivity index (χ0n) is 10.0. The van der Waals surface area contributed by atoms with Gasteiger partial charge in [0, 0.05) is 44.4 Å². The van der Waals surface area contributed by atoms with Gasteiger partial charge in [-0.3, -0.25) is 15.0 Å². The van der Waals surface area contributed by atoms with Crippen LogP contribution in [0.4, 0.5) is 5.69 Å². The molecule has 0 bridgehead atoms. The van der Waals surface area contributed by atoms with Gasteiger partial charge in [-0.2, -0.15) is 0 Å². The normalized spacial score (nSPS) is 18.2. The highest BCUT2D eigenvalue weighted by Gasteiger charge is 2.18. The molecule has 0 amide bonds. The van der Waals surface area contributed by atoms with Crippen LogP contribution in [-0.2, 0) is 6.54 Å². The highest BCUT2D eigenvalue weighted by molar-refractivity contribution is 5.39. The van der Waals surface area contributed by atoms with Gasteiger partial charge in [-0.25, -0.2) is 0 Å². The van der Waals surface area contributed by atoms with E-state index in [1.807, 2.05) is 12.1 Å². The van der Waals surface area contributed by atoms with Crippen molar-refractivity contribution in [1.82, 2.24) is 9.80 Å². The van der Waals surface area contributed by atoms with Gasteiger partial charge in [-0.15, -0.1) is 0 Å². The number of benzene rings is 1. The molecule has 5 nitrogen and oxygen atoms in total. The molecule has 1 saturated heterocycles. The molecule has 0 N–H and O–H groups in total. The topological polar surface area (TPSA) is 49.6 Å². The van der Waals surface area contributed by atoms with E-state index >= 15 is 0 Å². The number of nitro benzene ring substituents is 1. The smallest absolute Gasteiger partial charge is 0.273 e. The number of piperazine rings is 1. The van der Waals surface area contributed by atoms with Crippen molar-refractivity contribution in [3.05, 3.63) is 39.9 Å². The monoisotopic (exact) mass is 235 g/mol. The van der Waals surface area contributed by atoms with Crippen LogP contribution in [0.2, 0.25) is 0 Å². The Kier molecular flexibility index (Phi) is 3.71. The lowest BCUT2D eigenvalue weighted by atomic mass is 10.1. The second-order valence-electron chi connectivity index (χ2n) is 4.47. The number of hydrogen-bond donors (Lipinski definition) is 0. The van der Waals surface area contributed by atoms with E-state index in [2.05, 4.69) is 16.8 Å². The van der Waals surface area contributed by atoms with E-state index in [9.17, 15) is 10.1 Å². The molecule has 5 heteroatoms. The van der Waals surface area contributed by atoms with Gasteiger partial charge in [0.05, 0.1) is 4.92 Å². The fraction of sp³-hybridized carbons (Fsp3) is 0.500. The Bertz CT molecular complexity index is 400. The molecule has 0 spiro atoms. The van der Waals surface area contributed by atoms with Crippen molar-refractivity contribution in [2.75, 3.05) is 33.2 Å². The quantitative estimate of drug-likeness (QED) is 0.586. The number of rotatable bonds is 3. The molecule has 0 radical (unpaired) electrons. The molecule has 0 atom stereocenters. The lowest BCUT2D eigenvalue weighted by Gasteiger charge is -2.32. The van der Waals surface area contributed by atoms with Crippen LogP contribution >= 0.6 is 0 Å². The molecular formula is C12H17N3O2. The molecule has 1 aromatic carbocycles. The third kappa shape index (κ3) is 3.01. The molecule has 0 saturated carbocycles. The van der Waals surface area contributed by atoms with Crippen molar-refractivity contribution in [3.63, 3.8) is 0 Å². The Labute approximate surface area is 101 Å². The van der Waals surface area contributed by atoms with Gasteiger partial charge >= 0.3 is 0 Å². The SMILES string of the molecule is CN1CCN(Cc2ccccc2[N+](=O)[O-])CC1. The van der Waals surface area contributed by atoms with Gasteiger partial charge in [0.1, 0.15) is 0 Å². The summed E-state index contributed by atoms with van der Waals surface area (Å²) in [6.45, 7) is 4.68. The first kappa shape index (κ1) is 12.0. The molecule has 2 rings (SSSR count).